The van der Waals surface area contributed by atoms with Gasteiger partial charge in [0, 0.05) is 24.2 Å². The zero-order valence-corrected chi connectivity index (χ0v) is 12.1. The molecule has 6 heteroatoms. The summed E-state index contributed by atoms with van der Waals surface area (Å²) in [6.45, 7) is 0.692. The monoisotopic (exact) mass is 289 g/mol. The zero-order valence-electron chi connectivity index (χ0n) is 11.3. The fourth-order valence-corrected chi connectivity index (χ4v) is 2.72. The van der Waals surface area contributed by atoms with Crippen LogP contribution in [-0.2, 0) is 6.54 Å². The van der Waals surface area contributed by atoms with Crippen LogP contribution in [0.3, 0.4) is 0 Å². The molecule has 0 unspecified atom stereocenters. The van der Waals surface area contributed by atoms with Crippen molar-refractivity contribution < 1.29 is 9.47 Å². The minimum absolute atomic E-state index is 0.624. The SMILES string of the molecule is CNCc1c(Oc2cccc(OC)c2)nc2sccn12. The van der Waals surface area contributed by atoms with Gasteiger partial charge in [-0.2, -0.15) is 4.98 Å². The third-order valence-electron chi connectivity index (χ3n) is 2.92. The normalized spacial score (nSPS) is 10.9. The third-order valence-corrected chi connectivity index (χ3v) is 3.68. The van der Waals surface area contributed by atoms with Crippen molar-refractivity contribution in [3.63, 3.8) is 0 Å². The van der Waals surface area contributed by atoms with Gasteiger partial charge in [-0.15, -0.1) is 11.3 Å². The number of benzene rings is 1. The van der Waals surface area contributed by atoms with E-state index < -0.39 is 0 Å². The molecule has 2 heterocycles. The lowest BCUT2D eigenvalue weighted by Crippen LogP contribution is -2.08. The van der Waals surface area contributed by atoms with Gasteiger partial charge in [0.15, 0.2) is 4.96 Å². The van der Waals surface area contributed by atoms with Gasteiger partial charge in [0.25, 0.3) is 0 Å². The summed E-state index contributed by atoms with van der Waals surface area (Å²) < 4.78 is 13.1. The Morgan fingerprint density at radius 1 is 1.35 bits per heavy atom. The number of rotatable bonds is 5. The maximum Gasteiger partial charge on any atom is 0.243 e. The molecule has 20 heavy (non-hydrogen) atoms. The summed E-state index contributed by atoms with van der Waals surface area (Å²) in [6.07, 6.45) is 2.00. The van der Waals surface area contributed by atoms with Gasteiger partial charge >= 0.3 is 0 Å². The standard InChI is InChI=1S/C14H15N3O2S/c1-15-9-12-13(16-14-17(12)6-7-20-14)19-11-5-3-4-10(8-11)18-2/h3-8,15H,9H2,1-2H3. The van der Waals surface area contributed by atoms with Crippen molar-refractivity contribution in [2.45, 2.75) is 6.54 Å². The number of nitrogens with one attached hydrogen (secondary N) is 1. The first-order chi connectivity index (χ1) is 9.81. The number of hydrogen-bond acceptors (Lipinski definition) is 5. The van der Waals surface area contributed by atoms with Gasteiger partial charge in [0.05, 0.1) is 7.11 Å². The minimum Gasteiger partial charge on any atom is -0.497 e. The maximum absolute atomic E-state index is 5.90. The third kappa shape index (κ3) is 2.35. The number of methoxy groups -OCH3 is 1. The highest BCUT2D eigenvalue weighted by molar-refractivity contribution is 7.15. The minimum atomic E-state index is 0.624. The molecular weight excluding hydrogens is 274 g/mol. The Morgan fingerprint density at radius 2 is 2.20 bits per heavy atom. The predicted molar refractivity (Wildman–Crippen MR) is 78.9 cm³/mol. The average molecular weight is 289 g/mol. The van der Waals surface area contributed by atoms with Crippen LogP contribution in [0, 0.1) is 0 Å². The lowest BCUT2D eigenvalue weighted by Gasteiger charge is -2.07. The smallest absolute Gasteiger partial charge is 0.243 e. The molecule has 3 rings (SSSR count). The highest BCUT2D eigenvalue weighted by Crippen LogP contribution is 2.29. The van der Waals surface area contributed by atoms with E-state index in [2.05, 4.69) is 10.3 Å². The summed E-state index contributed by atoms with van der Waals surface area (Å²) in [5, 5.41) is 5.15. The molecule has 104 valence electrons. The molecule has 0 radical (unpaired) electrons. The second-order valence-corrected chi connectivity index (χ2v) is 5.10. The van der Waals surface area contributed by atoms with E-state index >= 15 is 0 Å². The molecule has 0 saturated heterocycles. The second kappa shape index (κ2) is 5.52. The number of hydrogen-bond donors (Lipinski definition) is 1. The maximum atomic E-state index is 5.90. The number of nitrogens with zero attached hydrogens (tertiary/aromatic N) is 2. The highest BCUT2D eigenvalue weighted by Gasteiger charge is 2.14. The van der Waals surface area contributed by atoms with E-state index in [1.165, 1.54) is 0 Å². The summed E-state index contributed by atoms with van der Waals surface area (Å²) >= 11 is 1.59. The quantitative estimate of drug-likeness (QED) is 0.784. The number of thiazole rings is 1. The Morgan fingerprint density at radius 3 is 3.00 bits per heavy atom. The molecule has 5 nitrogen and oxygen atoms in total. The lowest BCUT2D eigenvalue weighted by molar-refractivity contribution is 0.407. The predicted octanol–water partition coefficient (Wildman–Crippen LogP) is 2.92. The lowest BCUT2D eigenvalue weighted by atomic mass is 10.3. The first-order valence-electron chi connectivity index (χ1n) is 6.22. The van der Waals surface area contributed by atoms with Crippen LogP contribution in [0.4, 0.5) is 0 Å². The summed E-state index contributed by atoms with van der Waals surface area (Å²) in [4.78, 5) is 5.44. The van der Waals surface area contributed by atoms with Crippen LogP contribution in [0.1, 0.15) is 5.69 Å². The Bertz CT molecular complexity index is 720. The molecule has 0 aliphatic rings. The first kappa shape index (κ1) is 13.0. The Hall–Kier alpha value is -2.05. The van der Waals surface area contributed by atoms with E-state index in [0.29, 0.717) is 18.2 Å². The number of fused-ring (bicyclic) bond motifs is 1. The van der Waals surface area contributed by atoms with Crippen LogP contribution in [0.25, 0.3) is 4.96 Å². The molecule has 0 amide bonds. The van der Waals surface area contributed by atoms with Crippen LogP contribution in [0.15, 0.2) is 35.8 Å². The molecule has 0 saturated carbocycles. The van der Waals surface area contributed by atoms with E-state index in [4.69, 9.17) is 9.47 Å². The van der Waals surface area contributed by atoms with Gasteiger partial charge in [-0.25, -0.2) is 0 Å². The molecule has 0 aliphatic heterocycles. The van der Waals surface area contributed by atoms with Crippen LogP contribution >= 0.6 is 11.3 Å². The molecular formula is C14H15N3O2S. The molecule has 0 fully saturated rings. The number of ether oxygens (including phenoxy) is 2. The van der Waals surface area contributed by atoms with Crippen molar-refractivity contribution in [3.05, 3.63) is 41.5 Å². The molecule has 1 N–H and O–H groups in total. The molecule has 0 aliphatic carbocycles. The Kier molecular flexibility index (Phi) is 3.58. The Balaban J connectivity index is 1.96. The summed E-state index contributed by atoms with van der Waals surface area (Å²) in [7, 11) is 3.54. The molecule has 0 bridgehead atoms. The summed E-state index contributed by atoms with van der Waals surface area (Å²) in [5.74, 6) is 2.10. The van der Waals surface area contributed by atoms with Gasteiger partial charge in [0.2, 0.25) is 5.88 Å². The summed E-state index contributed by atoms with van der Waals surface area (Å²) in [5.41, 5.74) is 1.01. The largest absolute Gasteiger partial charge is 0.497 e. The fourth-order valence-electron chi connectivity index (χ4n) is 2.00. The number of imidazole rings is 1. The molecule has 0 spiro atoms. The van der Waals surface area contributed by atoms with Crippen molar-refractivity contribution in [1.82, 2.24) is 14.7 Å². The van der Waals surface area contributed by atoms with Crippen LogP contribution in [0.2, 0.25) is 0 Å². The zero-order chi connectivity index (χ0) is 13.9. The Labute approximate surface area is 120 Å². The molecule has 3 aromatic rings. The van der Waals surface area contributed by atoms with Crippen molar-refractivity contribution >= 4 is 16.3 Å². The van der Waals surface area contributed by atoms with Crippen molar-refractivity contribution in [2.24, 2.45) is 0 Å². The van der Waals surface area contributed by atoms with Gasteiger partial charge in [-0.3, -0.25) is 4.40 Å². The van der Waals surface area contributed by atoms with E-state index in [9.17, 15) is 0 Å². The topological polar surface area (TPSA) is 47.8 Å². The molecule has 2 aromatic heterocycles. The van der Waals surface area contributed by atoms with E-state index in [1.807, 2.05) is 47.3 Å². The van der Waals surface area contributed by atoms with Crippen molar-refractivity contribution in [3.8, 4) is 17.4 Å². The first-order valence-corrected chi connectivity index (χ1v) is 7.10. The number of aromatic nitrogens is 2. The van der Waals surface area contributed by atoms with E-state index in [1.54, 1.807) is 18.4 Å². The second-order valence-electron chi connectivity index (χ2n) is 4.23. The average Bonchev–Trinajstić information content (AvgIpc) is 3.03. The van der Waals surface area contributed by atoms with Crippen LogP contribution < -0.4 is 14.8 Å². The van der Waals surface area contributed by atoms with Gasteiger partial charge in [-0.1, -0.05) is 6.07 Å². The van der Waals surface area contributed by atoms with Gasteiger partial charge < -0.3 is 14.8 Å². The molecule has 0 atom stereocenters. The van der Waals surface area contributed by atoms with Crippen LogP contribution in [-0.4, -0.2) is 23.5 Å². The van der Waals surface area contributed by atoms with E-state index in [0.717, 1.165) is 16.4 Å². The summed E-state index contributed by atoms with van der Waals surface area (Å²) in [6, 6.07) is 7.51. The molecule has 1 aromatic carbocycles. The van der Waals surface area contributed by atoms with Crippen molar-refractivity contribution in [1.29, 1.82) is 0 Å². The fraction of sp³-hybridized carbons (Fsp3) is 0.214. The highest BCUT2D eigenvalue weighted by atomic mass is 32.1. The van der Waals surface area contributed by atoms with Crippen molar-refractivity contribution in [2.75, 3.05) is 14.2 Å². The van der Waals surface area contributed by atoms with E-state index in [-0.39, 0.29) is 0 Å². The van der Waals surface area contributed by atoms with Crippen LogP contribution in [0.5, 0.6) is 17.4 Å². The van der Waals surface area contributed by atoms with Gasteiger partial charge in [-0.05, 0) is 19.2 Å². The van der Waals surface area contributed by atoms with Gasteiger partial charge in [0.1, 0.15) is 17.2 Å².